The third-order valence-electron chi connectivity index (χ3n) is 6.04. The molecule has 0 bridgehead atoms. The van der Waals surface area contributed by atoms with Crippen molar-refractivity contribution in [3.05, 3.63) is 23.5 Å². The van der Waals surface area contributed by atoms with Crippen LogP contribution in [-0.4, -0.2) is 29.2 Å². The molecular formula is C25H40N4O2. The van der Waals surface area contributed by atoms with Gasteiger partial charge >= 0.3 is 0 Å². The number of hydrogen-bond acceptors (Lipinski definition) is 6. The second-order valence-corrected chi connectivity index (χ2v) is 8.13. The van der Waals surface area contributed by atoms with Crippen LogP contribution in [0.15, 0.2) is 12.1 Å². The molecule has 0 fully saturated rings. The molecule has 0 aliphatic carbocycles. The molecule has 2 rings (SSSR count). The lowest BCUT2D eigenvalue weighted by atomic mass is 9.90. The zero-order valence-corrected chi connectivity index (χ0v) is 20.2. The number of methoxy groups -OCH3 is 2. The van der Waals surface area contributed by atoms with Gasteiger partial charge in [-0.15, -0.1) is 0 Å². The maximum Gasteiger partial charge on any atom is 0.226 e. The molecule has 2 unspecified atom stereocenters. The number of rotatable bonds is 13. The monoisotopic (exact) mass is 428 g/mol. The van der Waals surface area contributed by atoms with Crippen LogP contribution in [-0.2, 0) is 0 Å². The number of aromatic nitrogens is 3. The predicted octanol–water partition coefficient (Wildman–Crippen LogP) is 6.51. The van der Waals surface area contributed by atoms with E-state index >= 15 is 0 Å². The van der Waals surface area contributed by atoms with Gasteiger partial charge in [-0.25, -0.2) is 9.97 Å². The van der Waals surface area contributed by atoms with Gasteiger partial charge in [0, 0.05) is 17.9 Å². The van der Waals surface area contributed by atoms with Gasteiger partial charge in [0.1, 0.15) is 5.82 Å². The topological polar surface area (TPSA) is 83.2 Å². The first-order chi connectivity index (χ1) is 15.0. The summed E-state index contributed by atoms with van der Waals surface area (Å²) < 4.78 is 10.9. The molecule has 6 nitrogen and oxygen atoms in total. The van der Waals surface area contributed by atoms with Crippen LogP contribution < -0.4 is 15.2 Å². The fraction of sp³-hybridized carbons (Fsp3) is 0.640. The van der Waals surface area contributed by atoms with E-state index in [1.54, 1.807) is 14.2 Å². The molecule has 0 saturated carbocycles. The highest BCUT2D eigenvalue weighted by Gasteiger charge is 2.25. The number of hydrogen-bond donors (Lipinski definition) is 1. The van der Waals surface area contributed by atoms with E-state index in [1.165, 1.54) is 0 Å². The number of pyridine rings is 1. The van der Waals surface area contributed by atoms with E-state index in [-0.39, 0.29) is 0 Å². The van der Waals surface area contributed by atoms with Crippen LogP contribution in [0.2, 0.25) is 0 Å². The molecule has 0 aliphatic rings. The number of unbranched alkanes of at least 4 members (excludes halogenated alkanes) is 2. The Morgan fingerprint density at radius 2 is 1.42 bits per heavy atom. The summed E-state index contributed by atoms with van der Waals surface area (Å²) >= 11 is 0. The average Bonchev–Trinajstić information content (AvgIpc) is 2.80. The second kappa shape index (κ2) is 12.5. The predicted molar refractivity (Wildman–Crippen MR) is 128 cm³/mol. The lowest BCUT2D eigenvalue weighted by Gasteiger charge is -2.23. The van der Waals surface area contributed by atoms with Crippen LogP contribution >= 0.6 is 0 Å². The zero-order chi connectivity index (χ0) is 22.8. The van der Waals surface area contributed by atoms with E-state index in [2.05, 4.69) is 32.7 Å². The molecule has 2 aromatic rings. The minimum atomic E-state index is 0.293. The van der Waals surface area contributed by atoms with Gasteiger partial charge in [-0.3, -0.25) is 0 Å². The number of nitrogens with two attached hydrogens (primary N) is 1. The van der Waals surface area contributed by atoms with Crippen molar-refractivity contribution in [1.82, 2.24) is 15.0 Å². The Hall–Kier alpha value is -2.37. The standard InChI is InChI=1S/C25H40N4O2/c1-7-11-13-17(9-3)21-23(19-15-16-20(30-5)27-25(19)31-6)28-22(24(26)29-21)18(10-4)14-12-8-2/h15-18H,7-14H2,1-6H3,(H2,26,29). The Labute approximate surface area is 188 Å². The minimum Gasteiger partial charge on any atom is -0.481 e. The highest BCUT2D eigenvalue weighted by molar-refractivity contribution is 5.69. The largest absolute Gasteiger partial charge is 0.481 e. The molecular weight excluding hydrogens is 388 g/mol. The lowest BCUT2D eigenvalue weighted by molar-refractivity contribution is 0.365. The summed E-state index contributed by atoms with van der Waals surface area (Å²) in [5, 5.41) is 0. The van der Waals surface area contributed by atoms with E-state index in [1.807, 2.05) is 12.1 Å². The molecule has 6 heteroatoms. The maximum absolute atomic E-state index is 6.51. The molecule has 0 radical (unpaired) electrons. The first kappa shape index (κ1) is 24.9. The van der Waals surface area contributed by atoms with Crippen molar-refractivity contribution in [3.8, 4) is 23.0 Å². The van der Waals surface area contributed by atoms with Crippen molar-refractivity contribution < 1.29 is 9.47 Å². The fourth-order valence-electron chi connectivity index (χ4n) is 4.10. The fourth-order valence-corrected chi connectivity index (χ4v) is 4.10. The number of nitrogen functional groups attached to an aromatic ring is 1. The van der Waals surface area contributed by atoms with Crippen LogP contribution in [0.4, 0.5) is 5.82 Å². The molecule has 31 heavy (non-hydrogen) atoms. The van der Waals surface area contributed by atoms with Gasteiger partial charge in [0.2, 0.25) is 11.8 Å². The van der Waals surface area contributed by atoms with Gasteiger partial charge in [-0.05, 0) is 31.7 Å². The van der Waals surface area contributed by atoms with Crippen LogP contribution in [0.1, 0.15) is 102 Å². The summed E-state index contributed by atoms with van der Waals surface area (Å²) in [5.74, 6) is 2.17. The molecule has 2 N–H and O–H groups in total. The van der Waals surface area contributed by atoms with Crippen molar-refractivity contribution in [3.63, 3.8) is 0 Å². The first-order valence-electron chi connectivity index (χ1n) is 11.8. The Bertz CT molecular complexity index is 825. The van der Waals surface area contributed by atoms with Gasteiger partial charge < -0.3 is 15.2 Å². The smallest absolute Gasteiger partial charge is 0.226 e. The second-order valence-electron chi connectivity index (χ2n) is 8.13. The Morgan fingerprint density at radius 3 is 1.94 bits per heavy atom. The number of ether oxygens (including phenoxy) is 2. The van der Waals surface area contributed by atoms with Crippen LogP contribution in [0.5, 0.6) is 11.8 Å². The van der Waals surface area contributed by atoms with E-state index in [0.29, 0.717) is 29.4 Å². The van der Waals surface area contributed by atoms with E-state index in [9.17, 15) is 0 Å². The van der Waals surface area contributed by atoms with Gasteiger partial charge in [0.15, 0.2) is 0 Å². The van der Waals surface area contributed by atoms with Gasteiger partial charge in [0.25, 0.3) is 0 Å². The van der Waals surface area contributed by atoms with Crippen molar-refractivity contribution in [2.75, 3.05) is 20.0 Å². The maximum atomic E-state index is 6.51. The molecule has 2 aromatic heterocycles. The third kappa shape index (κ3) is 6.08. The molecule has 0 amide bonds. The summed E-state index contributed by atoms with van der Waals surface area (Å²) in [7, 11) is 3.23. The van der Waals surface area contributed by atoms with Gasteiger partial charge in [0.05, 0.1) is 36.9 Å². The zero-order valence-electron chi connectivity index (χ0n) is 20.2. The quantitative estimate of drug-likeness (QED) is 0.392. The summed E-state index contributed by atoms with van der Waals surface area (Å²) in [6.45, 7) is 8.83. The SMILES string of the molecule is CCCCC(CC)c1nc(-c2ccc(OC)nc2OC)c(C(CC)CCCC)nc1N. The Morgan fingerprint density at radius 1 is 0.806 bits per heavy atom. The summed E-state index contributed by atoms with van der Waals surface area (Å²) in [6.07, 6.45) is 8.70. The number of anilines is 1. The molecule has 2 heterocycles. The first-order valence-corrected chi connectivity index (χ1v) is 11.8. The number of nitrogens with zero attached hydrogens (tertiary/aromatic N) is 3. The summed E-state index contributed by atoms with van der Waals surface area (Å²) in [6, 6.07) is 3.82. The summed E-state index contributed by atoms with van der Waals surface area (Å²) in [5.41, 5.74) is 10.0. The third-order valence-corrected chi connectivity index (χ3v) is 6.04. The van der Waals surface area contributed by atoms with Crippen molar-refractivity contribution >= 4 is 5.82 Å². The van der Waals surface area contributed by atoms with Crippen molar-refractivity contribution in [2.24, 2.45) is 0 Å². The van der Waals surface area contributed by atoms with Crippen LogP contribution in [0, 0.1) is 0 Å². The molecule has 0 spiro atoms. The van der Waals surface area contributed by atoms with E-state index in [4.69, 9.17) is 25.2 Å². The molecule has 2 atom stereocenters. The Kier molecular flexibility index (Phi) is 10.0. The lowest BCUT2D eigenvalue weighted by Crippen LogP contribution is -2.14. The van der Waals surface area contributed by atoms with Crippen LogP contribution in [0.3, 0.4) is 0 Å². The van der Waals surface area contributed by atoms with Crippen molar-refractivity contribution in [2.45, 2.75) is 90.9 Å². The van der Waals surface area contributed by atoms with Crippen molar-refractivity contribution in [1.29, 1.82) is 0 Å². The summed E-state index contributed by atoms with van der Waals surface area (Å²) in [4.78, 5) is 14.6. The highest BCUT2D eigenvalue weighted by atomic mass is 16.5. The van der Waals surface area contributed by atoms with Gasteiger partial charge in [-0.1, -0.05) is 53.4 Å². The minimum absolute atomic E-state index is 0.293. The molecule has 0 aliphatic heterocycles. The van der Waals surface area contributed by atoms with Crippen LogP contribution in [0.25, 0.3) is 11.3 Å². The average molecular weight is 429 g/mol. The Balaban J connectivity index is 2.69. The highest BCUT2D eigenvalue weighted by Crippen LogP contribution is 2.39. The van der Waals surface area contributed by atoms with E-state index in [0.717, 1.165) is 74.0 Å². The van der Waals surface area contributed by atoms with E-state index < -0.39 is 0 Å². The molecule has 172 valence electrons. The normalized spacial score (nSPS) is 13.1. The van der Waals surface area contributed by atoms with Gasteiger partial charge in [-0.2, -0.15) is 4.98 Å². The molecule has 0 aromatic carbocycles. The molecule has 0 saturated heterocycles.